The Bertz CT molecular complexity index is 3130. The highest BCUT2D eigenvalue weighted by molar-refractivity contribution is 6.24. The molecule has 0 N–H and O–H groups in total. The minimum Gasteiger partial charge on any atom is -0.436 e. The van der Waals surface area contributed by atoms with E-state index in [0.717, 1.165) is 55.1 Å². The third-order valence-electron chi connectivity index (χ3n) is 9.96. The first-order valence-corrected chi connectivity index (χ1v) is 16.3. The summed E-state index contributed by atoms with van der Waals surface area (Å²) in [6.07, 6.45) is 0. The maximum Gasteiger partial charge on any atom is 0.246 e. The van der Waals surface area contributed by atoms with E-state index < -0.39 is 0 Å². The number of para-hydroxylation sites is 1. The fourth-order valence-corrected chi connectivity index (χ4v) is 7.80. The number of benzene rings is 8. The molecule has 222 valence electrons. The Morgan fingerprint density at radius 3 is 1.90 bits per heavy atom. The molecule has 0 amide bonds. The van der Waals surface area contributed by atoms with Gasteiger partial charge in [-0.05, 0) is 57.6 Å². The fraction of sp³-hybridized carbons (Fsp3) is 0. The SMILES string of the molecule is c1cc(-c2ccc3oc4nc5c6ccccc6c6ccccc6c5nc4c3c2)cc(-n2c3ccccc3c3ccc4ccccc4c32)c1. The van der Waals surface area contributed by atoms with E-state index >= 15 is 0 Å². The van der Waals surface area contributed by atoms with Crippen LogP contribution in [0.15, 0.2) is 156 Å². The van der Waals surface area contributed by atoms with Crippen molar-refractivity contribution in [2.24, 2.45) is 0 Å². The van der Waals surface area contributed by atoms with Gasteiger partial charge in [-0.15, -0.1) is 0 Å². The third kappa shape index (κ3) is 3.49. The van der Waals surface area contributed by atoms with Crippen LogP contribution < -0.4 is 0 Å². The van der Waals surface area contributed by atoms with Crippen LogP contribution >= 0.6 is 0 Å². The molecule has 11 rings (SSSR count). The lowest BCUT2D eigenvalue weighted by Gasteiger charge is -2.12. The van der Waals surface area contributed by atoms with Crippen LogP contribution in [0.3, 0.4) is 0 Å². The molecular weight excluding hydrogens is 587 g/mol. The highest BCUT2D eigenvalue weighted by Gasteiger charge is 2.18. The first kappa shape index (κ1) is 25.6. The van der Waals surface area contributed by atoms with Gasteiger partial charge >= 0.3 is 0 Å². The van der Waals surface area contributed by atoms with E-state index in [0.29, 0.717) is 5.71 Å². The first-order chi connectivity index (χ1) is 23.8. The van der Waals surface area contributed by atoms with Gasteiger partial charge in [0.1, 0.15) is 16.6 Å². The number of fused-ring (bicyclic) bond motifs is 14. The Kier molecular flexibility index (Phi) is 5.08. The lowest BCUT2D eigenvalue weighted by atomic mass is 9.99. The minimum absolute atomic E-state index is 0.556. The summed E-state index contributed by atoms with van der Waals surface area (Å²) < 4.78 is 8.77. The van der Waals surface area contributed by atoms with Crippen LogP contribution in [0.4, 0.5) is 0 Å². The molecule has 0 spiro atoms. The van der Waals surface area contributed by atoms with Crippen LogP contribution in [0, 0.1) is 0 Å². The fourth-order valence-electron chi connectivity index (χ4n) is 7.80. The second-order valence-electron chi connectivity index (χ2n) is 12.6. The van der Waals surface area contributed by atoms with Crippen molar-refractivity contribution in [3.63, 3.8) is 0 Å². The van der Waals surface area contributed by atoms with E-state index in [4.69, 9.17) is 14.4 Å². The largest absolute Gasteiger partial charge is 0.436 e. The van der Waals surface area contributed by atoms with E-state index in [2.05, 4.69) is 156 Å². The molecule has 0 aliphatic carbocycles. The average Bonchev–Trinajstić information content (AvgIpc) is 3.69. The monoisotopic (exact) mass is 611 g/mol. The van der Waals surface area contributed by atoms with E-state index in [1.807, 2.05) is 0 Å². The Hall–Kier alpha value is -6.52. The van der Waals surface area contributed by atoms with Crippen LogP contribution in [0.5, 0.6) is 0 Å². The van der Waals surface area contributed by atoms with Gasteiger partial charge in [0.15, 0.2) is 0 Å². The van der Waals surface area contributed by atoms with Gasteiger partial charge in [-0.25, -0.2) is 9.97 Å². The normalized spacial score (nSPS) is 12.2. The summed E-state index contributed by atoms with van der Waals surface area (Å²) in [5.74, 6) is 0. The lowest BCUT2D eigenvalue weighted by molar-refractivity contribution is 0.655. The van der Waals surface area contributed by atoms with Crippen molar-refractivity contribution in [1.82, 2.24) is 14.5 Å². The van der Waals surface area contributed by atoms with Crippen molar-refractivity contribution < 1.29 is 4.42 Å². The van der Waals surface area contributed by atoms with Crippen LogP contribution in [-0.2, 0) is 0 Å². The molecule has 0 atom stereocenters. The van der Waals surface area contributed by atoms with Gasteiger partial charge in [0, 0.05) is 38.0 Å². The average molecular weight is 612 g/mol. The number of hydrogen-bond donors (Lipinski definition) is 0. The molecule has 0 fully saturated rings. The zero-order valence-corrected chi connectivity index (χ0v) is 25.7. The number of nitrogens with zero attached hydrogens (tertiary/aromatic N) is 3. The first-order valence-electron chi connectivity index (χ1n) is 16.3. The molecule has 3 aromatic heterocycles. The van der Waals surface area contributed by atoms with Gasteiger partial charge in [-0.3, -0.25) is 0 Å². The molecule has 0 aliphatic rings. The van der Waals surface area contributed by atoms with Crippen molar-refractivity contribution in [2.75, 3.05) is 0 Å². The zero-order valence-electron chi connectivity index (χ0n) is 25.7. The highest BCUT2D eigenvalue weighted by atomic mass is 16.3. The molecule has 0 saturated carbocycles. The molecule has 11 aromatic rings. The molecule has 3 heterocycles. The summed E-state index contributed by atoms with van der Waals surface area (Å²) in [5, 5.41) is 10.5. The van der Waals surface area contributed by atoms with Crippen LogP contribution in [0.25, 0.3) is 104 Å². The van der Waals surface area contributed by atoms with E-state index in [-0.39, 0.29) is 0 Å². The molecule has 4 heteroatoms. The standard InChI is InChI=1S/C44H25N3O/c1-2-13-30-26(10-1)20-22-36-33-16-7-8-19-38(33)47(43(30)36)29-12-9-11-27(24-29)28-21-23-39-37(25-28)42-44(48-39)46-41-35-18-6-4-15-32(35)31-14-3-5-17-34(31)40(41)45-42/h1-25H. The molecule has 0 saturated heterocycles. The number of hydrogen-bond acceptors (Lipinski definition) is 3. The summed E-state index contributed by atoms with van der Waals surface area (Å²) in [5.41, 5.74) is 9.64. The van der Waals surface area contributed by atoms with Crippen molar-refractivity contribution in [3.8, 4) is 16.8 Å². The van der Waals surface area contributed by atoms with Crippen LogP contribution in [0.2, 0.25) is 0 Å². The maximum atomic E-state index is 6.35. The van der Waals surface area contributed by atoms with Gasteiger partial charge in [-0.2, -0.15) is 0 Å². The van der Waals surface area contributed by atoms with Gasteiger partial charge in [-0.1, -0.05) is 121 Å². The van der Waals surface area contributed by atoms with Gasteiger partial charge < -0.3 is 8.98 Å². The summed E-state index contributed by atoms with van der Waals surface area (Å²) in [6.45, 7) is 0. The van der Waals surface area contributed by atoms with E-state index in [1.54, 1.807) is 0 Å². The quantitative estimate of drug-likeness (QED) is 0.183. The highest BCUT2D eigenvalue weighted by Crippen LogP contribution is 2.39. The molecule has 0 radical (unpaired) electrons. The Morgan fingerprint density at radius 2 is 1.08 bits per heavy atom. The van der Waals surface area contributed by atoms with Crippen molar-refractivity contribution in [1.29, 1.82) is 0 Å². The molecule has 0 aliphatic heterocycles. The van der Waals surface area contributed by atoms with Gasteiger partial charge in [0.2, 0.25) is 5.71 Å². The van der Waals surface area contributed by atoms with Crippen molar-refractivity contribution in [3.05, 3.63) is 152 Å². The van der Waals surface area contributed by atoms with Gasteiger partial charge in [0.05, 0.1) is 16.6 Å². The topological polar surface area (TPSA) is 43.9 Å². The smallest absolute Gasteiger partial charge is 0.246 e. The molecule has 0 bridgehead atoms. The van der Waals surface area contributed by atoms with Crippen LogP contribution in [-0.4, -0.2) is 14.5 Å². The second kappa shape index (κ2) is 9.50. The summed E-state index contributed by atoms with van der Waals surface area (Å²) in [7, 11) is 0. The molecule has 4 nitrogen and oxygen atoms in total. The third-order valence-corrected chi connectivity index (χ3v) is 9.96. The molecule has 0 unspecified atom stereocenters. The molecular formula is C44H25N3O. The summed E-state index contributed by atoms with van der Waals surface area (Å²) in [4.78, 5) is 10.4. The predicted octanol–water partition coefficient (Wildman–Crippen LogP) is 11.8. The Labute approximate surface area is 274 Å². The number of rotatable bonds is 2. The second-order valence-corrected chi connectivity index (χ2v) is 12.6. The number of aromatic nitrogens is 3. The lowest BCUT2D eigenvalue weighted by Crippen LogP contribution is -1.95. The van der Waals surface area contributed by atoms with Gasteiger partial charge in [0.25, 0.3) is 0 Å². The van der Waals surface area contributed by atoms with Crippen molar-refractivity contribution >= 4 is 87.4 Å². The molecule has 48 heavy (non-hydrogen) atoms. The summed E-state index contributed by atoms with van der Waals surface area (Å²) in [6, 6.07) is 53.9. The zero-order chi connectivity index (χ0) is 31.3. The predicted molar refractivity (Wildman–Crippen MR) is 199 cm³/mol. The minimum atomic E-state index is 0.556. The van der Waals surface area contributed by atoms with Crippen molar-refractivity contribution in [2.45, 2.75) is 0 Å². The maximum absolute atomic E-state index is 6.35. The van der Waals surface area contributed by atoms with E-state index in [1.165, 1.54) is 43.4 Å². The Morgan fingerprint density at radius 1 is 0.417 bits per heavy atom. The van der Waals surface area contributed by atoms with Crippen LogP contribution in [0.1, 0.15) is 0 Å². The van der Waals surface area contributed by atoms with E-state index in [9.17, 15) is 0 Å². The number of furan rings is 1. The Balaban J connectivity index is 1.14. The summed E-state index contributed by atoms with van der Waals surface area (Å²) >= 11 is 0. The molecule has 8 aromatic carbocycles.